The Morgan fingerprint density at radius 2 is 1.60 bits per heavy atom. The fourth-order valence-electron chi connectivity index (χ4n) is 4.31. The third-order valence-corrected chi connectivity index (χ3v) is 5.89. The summed E-state index contributed by atoms with van der Waals surface area (Å²) in [6.07, 6.45) is 1.03. The fraction of sp³-hybridized carbons (Fsp3) is 0.391. The van der Waals surface area contributed by atoms with Crippen molar-refractivity contribution in [1.29, 1.82) is 0 Å². The molecule has 2 aliphatic rings. The van der Waals surface area contributed by atoms with Gasteiger partial charge in [0.1, 0.15) is 17.2 Å². The molecule has 2 amide bonds. The van der Waals surface area contributed by atoms with Crippen LogP contribution in [0, 0.1) is 25.5 Å². The number of halogens is 2. The normalized spacial score (nSPS) is 17.1. The second-order valence-electron chi connectivity index (χ2n) is 8.00. The minimum absolute atomic E-state index is 0.157. The third-order valence-electron chi connectivity index (χ3n) is 5.89. The van der Waals surface area contributed by atoms with Gasteiger partial charge in [-0.3, -0.25) is 9.59 Å². The Morgan fingerprint density at radius 1 is 0.933 bits per heavy atom. The molecule has 0 unspecified atom stereocenters. The Bertz CT molecular complexity index is 977. The lowest BCUT2D eigenvalue weighted by Crippen LogP contribution is -2.49. The first-order valence-electron chi connectivity index (χ1n) is 10.3. The van der Waals surface area contributed by atoms with E-state index in [9.17, 15) is 18.4 Å². The summed E-state index contributed by atoms with van der Waals surface area (Å²) in [4.78, 5) is 29.7. The van der Waals surface area contributed by atoms with Crippen LogP contribution in [0.4, 0.5) is 20.2 Å². The highest BCUT2D eigenvalue weighted by Crippen LogP contribution is 2.28. The molecule has 0 saturated carbocycles. The van der Waals surface area contributed by atoms with E-state index in [1.807, 2.05) is 6.92 Å². The highest BCUT2D eigenvalue weighted by Gasteiger charge is 2.29. The lowest BCUT2D eigenvalue weighted by atomic mass is 10.1. The number of hydrogen-bond donors (Lipinski definition) is 0. The fourth-order valence-corrected chi connectivity index (χ4v) is 4.31. The second-order valence-corrected chi connectivity index (χ2v) is 8.00. The zero-order valence-electron chi connectivity index (χ0n) is 17.3. The number of rotatable bonds is 3. The lowest BCUT2D eigenvalue weighted by Gasteiger charge is -2.37. The largest absolute Gasteiger partial charge is 0.368 e. The molecule has 2 aliphatic heterocycles. The number of carbonyl (C=O) groups excluding carboxylic acids is 2. The summed E-state index contributed by atoms with van der Waals surface area (Å²) in [6, 6.07) is 8.41. The van der Waals surface area contributed by atoms with Crippen molar-refractivity contribution >= 4 is 23.2 Å². The number of aryl methyl sites for hydroxylation is 2. The van der Waals surface area contributed by atoms with E-state index in [0.717, 1.165) is 17.8 Å². The van der Waals surface area contributed by atoms with Gasteiger partial charge in [0.15, 0.2) is 0 Å². The highest BCUT2D eigenvalue weighted by atomic mass is 19.1. The summed E-state index contributed by atoms with van der Waals surface area (Å²) in [6.45, 7) is 6.50. The van der Waals surface area contributed by atoms with Crippen LogP contribution < -0.4 is 9.80 Å². The first kappa shape index (κ1) is 20.3. The molecule has 7 heteroatoms. The molecule has 0 atom stereocenters. The molecule has 2 fully saturated rings. The van der Waals surface area contributed by atoms with Gasteiger partial charge in [0.05, 0.1) is 0 Å². The Kier molecular flexibility index (Phi) is 5.45. The number of piperazine rings is 1. The number of carbonyl (C=O) groups is 2. The predicted molar refractivity (Wildman–Crippen MR) is 112 cm³/mol. The quantitative estimate of drug-likeness (QED) is 0.771. The molecule has 4 rings (SSSR count). The van der Waals surface area contributed by atoms with Gasteiger partial charge >= 0.3 is 0 Å². The van der Waals surface area contributed by atoms with E-state index in [1.165, 1.54) is 20.9 Å². The maximum atomic E-state index is 14.7. The van der Waals surface area contributed by atoms with Crippen LogP contribution in [-0.4, -0.2) is 49.4 Å². The van der Waals surface area contributed by atoms with E-state index >= 15 is 0 Å². The lowest BCUT2D eigenvalue weighted by molar-refractivity contribution is -0.117. The molecular weight excluding hydrogens is 388 g/mol. The van der Waals surface area contributed by atoms with Crippen molar-refractivity contribution in [3.05, 3.63) is 58.7 Å². The molecule has 30 heavy (non-hydrogen) atoms. The van der Waals surface area contributed by atoms with Crippen molar-refractivity contribution in [3.8, 4) is 0 Å². The van der Waals surface area contributed by atoms with Crippen LogP contribution in [0.3, 0.4) is 0 Å². The molecular formula is C23H25F2N3O2. The summed E-state index contributed by atoms with van der Waals surface area (Å²) in [5.74, 6) is -2.65. The topological polar surface area (TPSA) is 43.9 Å². The summed E-state index contributed by atoms with van der Waals surface area (Å²) >= 11 is 0. The van der Waals surface area contributed by atoms with Crippen LogP contribution in [0.15, 0.2) is 30.3 Å². The predicted octanol–water partition coefficient (Wildman–Crippen LogP) is 3.67. The highest BCUT2D eigenvalue weighted by molar-refractivity contribution is 5.98. The van der Waals surface area contributed by atoms with Gasteiger partial charge in [0.2, 0.25) is 5.91 Å². The van der Waals surface area contributed by atoms with Crippen molar-refractivity contribution in [2.45, 2.75) is 26.7 Å². The van der Waals surface area contributed by atoms with Gasteiger partial charge in [0, 0.05) is 50.5 Å². The summed E-state index contributed by atoms with van der Waals surface area (Å²) in [5.41, 5.74) is 3.09. The van der Waals surface area contributed by atoms with Gasteiger partial charge in [-0.15, -0.1) is 0 Å². The van der Waals surface area contributed by atoms with Crippen LogP contribution in [0.25, 0.3) is 0 Å². The first-order chi connectivity index (χ1) is 14.3. The standard InChI is InChI=1S/C23H25F2N3O2/c1-15-5-6-20(16(2)12-15)26-8-10-27(11-9-26)23(30)22-18(24)13-17(14-19(22)25)28-7-3-4-21(28)29/h5-6,12-14H,3-4,7-11H2,1-2H3. The number of benzene rings is 2. The molecule has 5 nitrogen and oxygen atoms in total. The molecule has 158 valence electrons. The molecule has 2 aromatic rings. The van der Waals surface area contributed by atoms with Gasteiger partial charge in [-0.1, -0.05) is 17.7 Å². The Morgan fingerprint density at radius 3 is 2.17 bits per heavy atom. The monoisotopic (exact) mass is 413 g/mol. The SMILES string of the molecule is Cc1ccc(N2CCN(C(=O)c3c(F)cc(N4CCCC4=O)cc3F)CC2)c(C)c1. The van der Waals surface area contributed by atoms with Crippen molar-refractivity contribution < 1.29 is 18.4 Å². The van der Waals surface area contributed by atoms with Crippen LogP contribution in [0.1, 0.15) is 34.3 Å². The number of amides is 2. The minimum Gasteiger partial charge on any atom is -0.368 e. The van der Waals surface area contributed by atoms with Crippen molar-refractivity contribution in [1.82, 2.24) is 4.90 Å². The van der Waals surface area contributed by atoms with Crippen molar-refractivity contribution in [2.24, 2.45) is 0 Å². The maximum Gasteiger partial charge on any atom is 0.259 e. The van der Waals surface area contributed by atoms with E-state index in [4.69, 9.17) is 0 Å². The van der Waals surface area contributed by atoms with Gasteiger partial charge in [-0.25, -0.2) is 8.78 Å². The third kappa shape index (κ3) is 3.76. The summed E-state index contributed by atoms with van der Waals surface area (Å²) in [5, 5.41) is 0. The number of nitrogens with zero attached hydrogens (tertiary/aromatic N) is 3. The van der Waals surface area contributed by atoms with E-state index < -0.39 is 23.1 Å². The first-order valence-corrected chi connectivity index (χ1v) is 10.3. The number of anilines is 2. The molecule has 0 spiro atoms. The molecule has 0 bridgehead atoms. The van der Waals surface area contributed by atoms with Crippen LogP contribution in [-0.2, 0) is 4.79 Å². The van der Waals surface area contributed by atoms with E-state index in [1.54, 1.807) is 0 Å². The van der Waals surface area contributed by atoms with E-state index in [0.29, 0.717) is 45.6 Å². The van der Waals surface area contributed by atoms with Crippen LogP contribution in [0.5, 0.6) is 0 Å². The minimum atomic E-state index is -0.925. The van der Waals surface area contributed by atoms with Gasteiger partial charge in [-0.05, 0) is 44.0 Å². The summed E-state index contributed by atoms with van der Waals surface area (Å²) < 4.78 is 29.4. The van der Waals surface area contributed by atoms with Crippen molar-refractivity contribution in [3.63, 3.8) is 0 Å². The van der Waals surface area contributed by atoms with Gasteiger partial charge < -0.3 is 14.7 Å². The Labute approximate surface area is 174 Å². The summed E-state index contributed by atoms with van der Waals surface area (Å²) in [7, 11) is 0. The second kappa shape index (κ2) is 8.05. The molecule has 0 aliphatic carbocycles. The van der Waals surface area contributed by atoms with E-state index in [2.05, 4.69) is 30.0 Å². The molecule has 0 N–H and O–H groups in total. The molecule has 2 heterocycles. The van der Waals surface area contributed by atoms with Gasteiger partial charge in [-0.2, -0.15) is 0 Å². The molecule has 2 saturated heterocycles. The molecule has 0 aromatic heterocycles. The smallest absolute Gasteiger partial charge is 0.259 e. The number of hydrogen-bond acceptors (Lipinski definition) is 3. The molecule has 2 aromatic carbocycles. The Hall–Kier alpha value is -2.96. The Balaban J connectivity index is 1.48. The van der Waals surface area contributed by atoms with Crippen LogP contribution >= 0.6 is 0 Å². The van der Waals surface area contributed by atoms with E-state index in [-0.39, 0.29) is 11.6 Å². The zero-order valence-corrected chi connectivity index (χ0v) is 17.3. The van der Waals surface area contributed by atoms with Crippen LogP contribution in [0.2, 0.25) is 0 Å². The maximum absolute atomic E-state index is 14.7. The van der Waals surface area contributed by atoms with Crippen molar-refractivity contribution in [2.75, 3.05) is 42.5 Å². The van der Waals surface area contributed by atoms with Gasteiger partial charge in [0.25, 0.3) is 5.91 Å². The average Bonchev–Trinajstić information content (AvgIpc) is 3.13. The average molecular weight is 413 g/mol. The molecule has 0 radical (unpaired) electrons. The zero-order chi connectivity index (χ0) is 21.4.